The standard InChI is InChI=1S/C14H18O3/c1-10(8-11(2)15)14(16)13-6-4-12(5-7-13)9-17-3/h4-7,10H,8-9H2,1-3H3. The van der Waals surface area contributed by atoms with E-state index < -0.39 is 0 Å². The van der Waals surface area contributed by atoms with Gasteiger partial charge in [-0.15, -0.1) is 0 Å². The molecule has 0 heterocycles. The molecule has 1 rings (SSSR count). The van der Waals surface area contributed by atoms with Gasteiger partial charge in [0.1, 0.15) is 5.78 Å². The first-order valence-corrected chi connectivity index (χ1v) is 5.66. The van der Waals surface area contributed by atoms with Crippen molar-refractivity contribution in [3.8, 4) is 0 Å². The summed E-state index contributed by atoms with van der Waals surface area (Å²) in [6.07, 6.45) is 0.304. The lowest BCUT2D eigenvalue weighted by molar-refractivity contribution is -0.117. The molecule has 1 atom stereocenters. The van der Waals surface area contributed by atoms with Gasteiger partial charge >= 0.3 is 0 Å². The lowest BCUT2D eigenvalue weighted by atomic mass is 9.94. The maximum Gasteiger partial charge on any atom is 0.166 e. The van der Waals surface area contributed by atoms with Crippen LogP contribution in [0.1, 0.15) is 36.2 Å². The van der Waals surface area contributed by atoms with E-state index in [1.165, 1.54) is 6.92 Å². The second-order valence-corrected chi connectivity index (χ2v) is 4.30. The molecule has 0 amide bonds. The van der Waals surface area contributed by atoms with Gasteiger partial charge in [0.05, 0.1) is 6.61 Å². The Morgan fingerprint density at radius 2 is 1.82 bits per heavy atom. The van der Waals surface area contributed by atoms with Crippen molar-refractivity contribution in [3.05, 3.63) is 35.4 Å². The lowest BCUT2D eigenvalue weighted by Gasteiger charge is -2.08. The molecule has 0 spiro atoms. The molecular formula is C14H18O3. The zero-order valence-corrected chi connectivity index (χ0v) is 10.5. The quantitative estimate of drug-likeness (QED) is 0.711. The molecular weight excluding hydrogens is 216 g/mol. The normalized spacial score (nSPS) is 12.2. The Hall–Kier alpha value is -1.48. The topological polar surface area (TPSA) is 43.4 Å². The van der Waals surface area contributed by atoms with Crippen LogP contribution in [0, 0.1) is 5.92 Å². The van der Waals surface area contributed by atoms with Crippen molar-refractivity contribution in [1.29, 1.82) is 0 Å². The van der Waals surface area contributed by atoms with Crippen molar-refractivity contribution < 1.29 is 14.3 Å². The highest BCUT2D eigenvalue weighted by Crippen LogP contribution is 2.14. The zero-order valence-electron chi connectivity index (χ0n) is 10.5. The molecule has 3 nitrogen and oxygen atoms in total. The third-order valence-corrected chi connectivity index (χ3v) is 2.59. The molecule has 3 heteroatoms. The van der Waals surface area contributed by atoms with Crippen molar-refractivity contribution in [2.75, 3.05) is 7.11 Å². The minimum absolute atomic E-state index is 0.0177. The summed E-state index contributed by atoms with van der Waals surface area (Å²) in [5.41, 5.74) is 1.68. The number of hydrogen-bond donors (Lipinski definition) is 0. The fourth-order valence-electron chi connectivity index (χ4n) is 1.74. The minimum Gasteiger partial charge on any atom is -0.380 e. The molecule has 0 aliphatic heterocycles. The molecule has 0 N–H and O–H groups in total. The van der Waals surface area contributed by atoms with E-state index in [-0.39, 0.29) is 17.5 Å². The van der Waals surface area contributed by atoms with Gasteiger partial charge in [0.2, 0.25) is 0 Å². The van der Waals surface area contributed by atoms with Crippen LogP contribution in [0.5, 0.6) is 0 Å². The summed E-state index contributed by atoms with van der Waals surface area (Å²) < 4.78 is 5.00. The molecule has 0 saturated carbocycles. The Morgan fingerprint density at radius 1 is 1.24 bits per heavy atom. The van der Waals surface area contributed by atoms with Crippen LogP contribution < -0.4 is 0 Å². The van der Waals surface area contributed by atoms with Gasteiger partial charge in [-0.3, -0.25) is 4.79 Å². The van der Waals surface area contributed by atoms with Gasteiger partial charge in [-0.1, -0.05) is 31.2 Å². The summed E-state index contributed by atoms with van der Waals surface area (Å²) in [5.74, 6) is -0.188. The van der Waals surface area contributed by atoms with Crippen molar-refractivity contribution >= 4 is 11.6 Å². The molecule has 0 bridgehead atoms. The Bertz CT molecular complexity index is 392. The SMILES string of the molecule is COCc1ccc(C(=O)C(C)CC(C)=O)cc1. The van der Waals surface area contributed by atoms with Gasteiger partial charge in [-0.05, 0) is 12.5 Å². The number of ether oxygens (including phenoxy) is 1. The van der Waals surface area contributed by atoms with Crippen LogP contribution in [0.3, 0.4) is 0 Å². The highest BCUT2D eigenvalue weighted by Gasteiger charge is 2.16. The zero-order chi connectivity index (χ0) is 12.8. The van der Waals surface area contributed by atoms with E-state index in [0.717, 1.165) is 5.56 Å². The van der Waals surface area contributed by atoms with Gasteiger partial charge in [-0.2, -0.15) is 0 Å². The second kappa shape index (κ2) is 6.30. The third-order valence-electron chi connectivity index (χ3n) is 2.59. The van der Waals surface area contributed by atoms with Gasteiger partial charge in [0.25, 0.3) is 0 Å². The number of rotatable bonds is 6. The molecule has 0 aliphatic carbocycles. The highest BCUT2D eigenvalue weighted by molar-refractivity contribution is 5.99. The van der Waals surface area contributed by atoms with E-state index in [4.69, 9.17) is 4.74 Å². The third kappa shape index (κ3) is 4.11. The van der Waals surface area contributed by atoms with Gasteiger partial charge in [0.15, 0.2) is 5.78 Å². The number of ketones is 2. The second-order valence-electron chi connectivity index (χ2n) is 4.30. The van der Waals surface area contributed by atoms with Crippen LogP contribution in [0.4, 0.5) is 0 Å². The average molecular weight is 234 g/mol. The predicted octanol–water partition coefficient (Wildman–Crippen LogP) is 2.63. The van der Waals surface area contributed by atoms with Crippen molar-refractivity contribution in [1.82, 2.24) is 0 Å². The van der Waals surface area contributed by atoms with Crippen LogP contribution in [0.25, 0.3) is 0 Å². The van der Waals surface area contributed by atoms with E-state index in [0.29, 0.717) is 18.6 Å². The Labute approximate surface area is 102 Å². The number of methoxy groups -OCH3 is 1. The Kier molecular flexibility index (Phi) is 5.04. The van der Waals surface area contributed by atoms with Crippen molar-refractivity contribution in [3.63, 3.8) is 0 Å². The largest absolute Gasteiger partial charge is 0.380 e. The first-order valence-electron chi connectivity index (χ1n) is 5.66. The summed E-state index contributed by atoms with van der Waals surface area (Å²) in [6, 6.07) is 7.31. The van der Waals surface area contributed by atoms with E-state index in [2.05, 4.69) is 0 Å². The molecule has 0 aromatic heterocycles. The molecule has 0 radical (unpaired) electrons. The van der Waals surface area contributed by atoms with Crippen molar-refractivity contribution in [2.45, 2.75) is 26.9 Å². The maximum atomic E-state index is 12.0. The summed E-state index contributed by atoms with van der Waals surface area (Å²) in [7, 11) is 1.63. The van der Waals surface area contributed by atoms with Gasteiger partial charge in [-0.25, -0.2) is 0 Å². The van der Waals surface area contributed by atoms with Crippen LogP contribution in [0.2, 0.25) is 0 Å². The summed E-state index contributed by atoms with van der Waals surface area (Å²) >= 11 is 0. The average Bonchev–Trinajstić information content (AvgIpc) is 2.28. The van der Waals surface area contributed by atoms with Crippen LogP contribution in [-0.2, 0) is 16.1 Å². The molecule has 92 valence electrons. The first kappa shape index (κ1) is 13.6. The smallest absolute Gasteiger partial charge is 0.166 e. The molecule has 0 aliphatic rings. The molecule has 17 heavy (non-hydrogen) atoms. The highest BCUT2D eigenvalue weighted by atomic mass is 16.5. The Balaban J connectivity index is 2.72. The summed E-state index contributed by atoms with van der Waals surface area (Å²) in [5, 5.41) is 0. The number of Topliss-reactive ketones (excluding diaryl/α,β-unsaturated/α-hetero) is 2. The maximum absolute atomic E-state index is 12.0. The summed E-state index contributed by atoms with van der Waals surface area (Å²) in [4.78, 5) is 22.9. The van der Waals surface area contributed by atoms with Gasteiger partial charge in [0, 0.05) is 25.0 Å². The lowest BCUT2D eigenvalue weighted by Crippen LogP contribution is -2.14. The fraction of sp³-hybridized carbons (Fsp3) is 0.429. The van der Waals surface area contributed by atoms with Crippen LogP contribution >= 0.6 is 0 Å². The van der Waals surface area contributed by atoms with Crippen LogP contribution in [-0.4, -0.2) is 18.7 Å². The monoisotopic (exact) mass is 234 g/mol. The Morgan fingerprint density at radius 3 is 2.29 bits per heavy atom. The number of benzene rings is 1. The number of hydrogen-bond acceptors (Lipinski definition) is 3. The predicted molar refractivity (Wildman–Crippen MR) is 65.9 cm³/mol. The van der Waals surface area contributed by atoms with Gasteiger partial charge < -0.3 is 9.53 Å². The van der Waals surface area contributed by atoms with E-state index in [1.54, 1.807) is 26.2 Å². The summed E-state index contributed by atoms with van der Waals surface area (Å²) in [6.45, 7) is 3.83. The van der Waals surface area contributed by atoms with Crippen LogP contribution in [0.15, 0.2) is 24.3 Å². The van der Waals surface area contributed by atoms with Crippen molar-refractivity contribution in [2.24, 2.45) is 5.92 Å². The minimum atomic E-state index is -0.249. The molecule has 0 fully saturated rings. The fourth-order valence-corrected chi connectivity index (χ4v) is 1.74. The van der Waals surface area contributed by atoms with E-state index in [1.807, 2.05) is 12.1 Å². The molecule has 1 aromatic carbocycles. The first-order chi connectivity index (χ1) is 8.04. The van der Waals surface area contributed by atoms with E-state index in [9.17, 15) is 9.59 Å². The molecule has 1 aromatic rings. The molecule has 0 saturated heterocycles. The molecule has 1 unspecified atom stereocenters. The number of carbonyl (C=O) groups excluding carboxylic acids is 2. The van der Waals surface area contributed by atoms with E-state index >= 15 is 0 Å². The number of carbonyl (C=O) groups is 2.